The first-order valence-corrected chi connectivity index (χ1v) is 5.48. The summed E-state index contributed by atoms with van der Waals surface area (Å²) in [4.78, 5) is 0. The van der Waals surface area contributed by atoms with Gasteiger partial charge < -0.3 is 4.74 Å². The molecule has 0 radical (unpaired) electrons. The van der Waals surface area contributed by atoms with Crippen LogP contribution in [0, 0.1) is 11.8 Å². The first kappa shape index (κ1) is 11.7. The van der Waals surface area contributed by atoms with Crippen molar-refractivity contribution >= 4 is 0 Å². The summed E-state index contributed by atoms with van der Waals surface area (Å²) in [5.41, 5.74) is 1.32. The van der Waals surface area contributed by atoms with Crippen LogP contribution in [0.4, 0.5) is 0 Å². The van der Waals surface area contributed by atoms with Crippen LogP contribution in [0.15, 0.2) is 24.3 Å². The molecule has 0 aliphatic heterocycles. The predicted molar refractivity (Wildman–Crippen MR) is 64.0 cm³/mol. The Labute approximate surface area is 92.5 Å². The molecule has 1 rings (SSSR count). The zero-order valence-corrected chi connectivity index (χ0v) is 9.55. The smallest absolute Gasteiger partial charge is 0.119 e. The lowest BCUT2D eigenvalue weighted by atomic mass is 10.1. The molecule has 0 spiro atoms. The molecule has 0 aliphatic rings. The van der Waals surface area contributed by atoms with E-state index in [-0.39, 0.29) is 0 Å². The topological polar surface area (TPSA) is 9.23 Å². The summed E-state index contributed by atoms with van der Waals surface area (Å²) in [6, 6.07) is 8.29. The summed E-state index contributed by atoms with van der Waals surface area (Å²) >= 11 is 0. The molecule has 0 aromatic heterocycles. The molecule has 0 atom stereocenters. The predicted octanol–water partition coefficient (Wildman–Crippen LogP) is 3.43. The highest BCUT2D eigenvalue weighted by Gasteiger charge is 1.94. The maximum absolute atomic E-state index is 5.51. The van der Waals surface area contributed by atoms with Crippen LogP contribution in [0.5, 0.6) is 5.75 Å². The summed E-state index contributed by atoms with van der Waals surface area (Å²) in [6.07, 6.45) is 3.01. The molecule has 0 heterocycles. The van der Waals surface area contributed by atoms with Crippen molar-refractivity contribution in [3.8, 4) is 17.6 Å². The van der Waals surface area contributed by atoms with Crippen LogP contribution < -0.4 is 4.74 Å². The molecule has 0 fully saturated rings. The van der Waals surface area contributed by atoms with E-state index in [1.54, 1.807) is 0 Å². The number of hydrogen-bond donors (Lipinski definition) is 0. The second-order valence-corrected chi connectivity index (χ2v) is 3.42. The SMILES string of the molecule is CC#CCCc1ccc(OCCC)cc1. The van der Waals surface area contributed by atoms with E-state index in [1.165, 1.54) is 5.56 Å². The quantitative estimate of drug-likeness (QED) is 0.665. The van der Waals surface area contributed by atoms with Gasteiger partial charge in [0.05, 0.1) is 6.61 Å². The van der Waals surface area contributed by atoms with E-state index in [9.17, 15) is 0 Å². The van der Waals surface area contributed by atoms with Crippen LogP contribution in [0.3, 0.4) is 0 Å². The van der Waals surface area contributed by atoms with Crippen molar-refractivity contribution in [1.29, 1.82) is 0 Å². The molecule has 1 nitrogen and oxygen atoms in total. The lowest BCUT2D eigenvalue weighted by molar-refractivity contribution is 0.317. The van der Waals surface area contributed by atoms with Crippen molar-refractivity contribution < 1.29 is 4.74 Å². The van der Waals surface area contributed by atoms with Gasteiger partial charge in [-0.2, -0.15) is 0 Å². The summed E-state index contributed by atoms with van der Waals surface area (Å²) in [5, 5.41) is 0. The number of ether oxygens (including phenoxy) is 1. The Hall–Kier alpha value is -1.42. The molecular weight excluding hydrogens is 184 g/mol. The van der Waals surface area contributed by atoms with Crippen LogP contribution in [-0.4, -0.2) is 6.61 Å². The number of benzene rings is 1. The van der Waals surface area contributed by atoms with E-state index >= 15 is 0 Å². The van der Waals surface area contributed by atoms with Crippen LogP contribution in [-0.2, 0) is 6.42 Å². The molecule has 1 aromatic carbocycles. The second-order valence-electron chi connectivity index (χ2n) is 3.42. The molecular formula is C14H18O. The summed E-state index contributed by atoms with van der Waals surface area (Å²) in [7, 11) is 0. The molecule has 1 heteroatoms. The van der Waals surface area contributed by atoms with Crippen molar-refractivity contribution in [1.82, 2.24) is 0 Å². The Bertz CT molecular complexity index is 327. The maximum Gasteiger partial charge on any atom is 0.119 e. The van der Waals surface area contributed by atoms with E-state index in [1.807, 2.05) is 19.1 Å². The lowest BCUT2D eigenvalue weighted by Crippen LogP contribution is -1.94. The van der Waals surface area contributed by atoms with Gasteiger partial charge >= 0.3 is 0 Å². The van der Waals surface area contributed by atoms with Gasteiger partial charge in [0.15, 0.2) is 0 Å². The van der Waals surface area contributed by atoms with Crippen LogP contribution in [0.2, 0.25) is 0 Å². The van der Waals surface area contributed by atoms with Crippen molar-refractivity contribution in [2.45, 2.75) is 33.1 Å². The average molecular weight is 202 g/mol. The molecule has 0 aliphatic carbocycles. The van der Waals surface area contributed by atoms with Crippen LogP contribution >= 0.6 is 0 Å². The van der Waals surface area contributed by atoms with Gasteiger partial charge in [-0.3, -0.25) is 0 Å². The third kappa shape index (κ3) is 4.56. The second kappa shape index (κ2) is 6.95. The van der Waals surface area contributed by atoms with E-state index in [2.05, 4.69) is 30.9 Å². The Morgan fingerprint density at radius 1 is 1.20 bits per heavy atom. The van der Waals surface area contributed by atoms with E-state index in [0.29, 0.717) is 0 Å². The van der Waals surface area contributed by atoms with Gasteiger partial charge in [0.1, 0.15) is 5.75 Å². The first-order chi connectivity index (χ1) is 7.36. The van der Waals surface area contributed by atoms with Gasteiger partial charge in [-0.05, 0) is 37.5 Å². The monoisotopic (exact) mass is 202 g/mol. The Kier molecular flexibility index (Phi) is 5.40. The van der Waals surface area contributed by atoms with Crippen molar-refractivity contribution in [3.05, 3.63) is 29.8 Å². The normalized spacial score (nSPS) is 9.20. The number of hydrogen-bond acceptors (Lipinski definition) is 1. The van der Waals surface area contributed by atoms with Gasteiger partial charge in [-0.15, -0.1) is 11.8 Å². The molecule has 0 bridgehead atoms. The third-order valence-corrected chi connectivity index (χ3v) is 2.11. The lowest BCUT2D eigenvalue weighted by Gasteiger charge is -2.04. The highest BCUT2D eigenvalue weighted by Crippen LogP contribution is 2.13. The molecule has 1 aromatic rings. The largest absolute Gasteiger partial charge is 0.494 e. The first-order valence-electron chi connectivity index (χ1n) is 5.48. The average Bonchev–Trinajstić information content (AvgIpc) is 2.28. The van der Waals surface area contributed by atoms with E-state index < -0.39 is 0 Å². The fraction of sp³-hybridized carbons (Fsp3) is 0.429. The summed E-state index contributed by atoms with van der Waals surface area (Å²) in [6.45, 7) is 4.78. The minimum Gasteiger partial charge on any atom is -0.494 e. The molecule has 0 N–H and O–H groups in total. The van der Waals surface area contributed by atoms with Gasteiger partial charge in [0.2, 0.25) is 0 Å². The van der Waals surface area contributed by atoms with Gasteiger partial charge in [-0.25, -0.2) is 0 Å². The van der Waals surface area contributed by atoms with Gasteiger partial charge in [-0.1, -0.05) is 19.1 Å². The maximum atomic E-state index is 5.51. The highest BCUT2D eigenvalue weighted by molar-refractivity contribution is 5.27. The van der Waals surface area contributed by atoms with Crippen molar-refractivity contribution in [3.63, 3.8) is 0 Å². The van der Waals surface area contributed by atoms with Gasteiger partial charge in [0.25, 0.3) is 0 Å². The Morgan fingerprint density at radius 2 is 1.93 bits per heavy atom. The molecule has 0 saturated carbocycles. The van der Waals surface area contributed by atoms with Crippen molar-refractivity contribution in [2.75, 3.05) is 6.61 Å². The fourth-order valence-corrected chi connectivity index (χ4v) is 1.30. The Balaban J connectivity index is 2.43. The molecule has 15 heavy (non-hydrogen) atoms. The van der Waals surface area contributed by atoms with Crippen molar-refractivity contribution in [2.24, 2.45) is 0 Å². The fourth-order valence-electron chi connectivity index (χ4n) is 1.30. The zero-order valence-electron chi connectivity index (χ0n) is 9.55. The van der Waals surface area contributed by atoms with Crippen LogP contribution in [0.25, 0.3) is 0 Å². The van der Waals surface area contributed by atoms with E-state index in [0.717, 1.165) is 31.6 Å². The zero-order chi connectivity index (χ0) is 10.9. The molecule has 0 saturated heterocycles. The molecule has 0 unspecified atom stereocenters. The molecule has 80 valence electrons. The standard InChI is InChI=1S/C14H18O/c1-3-5-6-7-13-8-10-14(11-9-13)15-12-4-2/h8-11H,4,6-7,12H2,1-2H3. The number of rotatable bonds is 5. The summed E-state index contributed by atoms with van der Waals surface area (Å²) in [5.74, 6) is 6.93. The van der Waals surface area contributed by atoms with E-state index in [4.69, 9.17) is 4.74 Å². The highest BCUT2D eigenvalue weighted by atomic mass is 16.5. The minimum absolute atomic E-state index is 0.792. The Morgan fingerprint density at radius 3 is 2.53 bits per heavy atom. The molecule has 0 amide bonds. The minimum atomic E-state index is 0.792. The summed E-state index contributed by atoms with van der Waals surface area (Å²) < 4.78 is 5.51. The van der Waals surface area contributed by atoms with Crippen LogP contribution in [0.1, 0.15) is 32.3 Å². The third-order valence-electron chi connectivity index (χ3n) is 2.11. The number of aryl methyl sites for hydroxylation is 1. The van der Waals surface area contributed by atoms with Gasteiger partial charge in [0, 0.05) is 6.42 Å².